The number of hydrogen-bond donors (Lipinski definition) is 1. The van der Waals surface area contributed by atoms with E-state index < -0.39 is 5.67 Å². The molecule has 32 heavy (non-hydrogen) atoms. The molecule has 162 valence electrons. The Hall–Kier alpha value is -3.54. The van der Waals surface area contributed by atoms with E-state index in [4.69, 9.17) is 4.98 Å². The Labute approximate surface area is 186 Å². The summed E-state index contributed by atoms with van der Waals surface area (Å²) < 4.78 is 16.6. The molecule has 5 aromatic rings. The Bertz CT molecular complexity index is 1450. The second-order valence-corrected chi connectivity index (χ2v) is 9.13. The molecule has 1 N–H and O–H groups in total. The number of imidazole rings is 1. The maximum Gasteiger partial charge on any atom is 0.156 e. The lowest BCUT2D eigenvalue weighted by molar-refractivity contribution is 0.221. The van der Waals surface area contributed by atoms with E-state index in [0.717, 1.165) is 50.5 Å². The molecule has 0 bridgehead atoms. The highest BCUT2D eigenvalue weighted by Gasteiger charge is 2.21. The number of alkyl halides is 1. The molecule has 3 heterocycles. The lowest BCUT2D eigenvalue weighted by Crippen LogP contribution is -2.08. The highest BCUT2D eigenvalue weighted by molar-refractivity contribution is 5.87. The maximum atomic E-state index is 14.5. The predicted molar refractivity (Wildman–Crippen MR) is 126 cm³/mol. The molecule has 0 fully saturated rings. The molecule has 0 amide bonds. The highest BCUT2D eigenvalue weighted by atomic mass is 19.1. The molecule has 5 rings (SSSR count). The van der Waals surface area contributed by atoms with Crippen LogP contribution in [0, 0.1) is 6.92 Å². The van der Waals surface area contributed by atoms with E-state index in [0.29, 0.717) is 5.56 Å². The summed E-state index contributed by atoms with van der Waals surface area (Å²) in [5.41, 5.74) is 6.78. The van der Waals surface area contributed by atoms with Crippen LogP contribution in [0.4, 0.5) is 4.39 Å². The van der Waals surface area contributed by atoms with E-state index in [1.54, 1.807) is 20.0 Å². The highest BCUT2D eigenvalue weighted by Crippen LogP contribution is 2.34. The summed E-state index contributed by atoms with van der Waals surface area (Å²) in [4.78, 5) is 9.53. The Morgan fingerprint density at radius 2 is 1.88 bits per heavy atom. The van der Waals surface area contributed by atoms with Gasteiger partial charge in [-0.1, -0.05) is 38.1 Å². The molecule has 0 saturated carbocycles. The number of nitrogens with zero attached hydrogens (tertiary/aromatic N) is 4. The number of aromatic amines is 1. The van der Waals surface area contributed by atoms with Crippen LogP contribution in [-0.4, -0.2) is 24.6 Å². The van der Waals surface area contributed by atoms with Gasteiger partial charge in [0.15, 0.2) is 5.65 Å². The molecule has 3 aromatic heterocycles. The molecule has 0 radical (unpaired) electrons. The first-order valence-electron chi connectivity index (χ1n) is 10.9. The molecule has 6 heteroatoms. The van der Waals surface area contributed by atoms with Gasteiger partial charge in [-0.25, -0.2) is 9.37 Å². The molecule has 5 nitrogen and oxygen atoms in total. The van der Waals surface area contributed by atoms with Gasteiger partial charge in [-0.2, -0.15) is 5.10 Å². The number of H-pyrrole nitrogens is 1. The van der Waals surface area contributed by atoms with Gasteiger partial charge in [-0.3, -0.25) is 14.5 Å². The number of halogens is 1. The molecule has 0 unspecified atom stereocenters. The van der Waals surface area contributed by atoms with Crippen molar-refractivity contribution in [3.63, 3.8) is 0 Å². The molecular formula is C26H26FN5. The zero-order valence-electron chi connectivity index (χ0n) is 18.9. The summed E-state index contributed by atoms with van der Waals surface area (Å²) in [6.07, 6.45) is 3.79. The van der Waals surface area contributed by atoms with Crippen molar-refractivity contribution in [2.75, 3.05) is 0 Å². The minimum Gasteiger partial charge on any atom is -0.296 e. The maximum absolute atomic E-state index is 14.5. The van der Waals surface area contributed by atoms with Gasteiger partial charge in [0, 0.05) is 28.4 Å². The van der Waals surface area contributed by atoms with Gasteiger partial charge in [0.2, 0.25) is 0 Å². The third-order valence-corrected chi connectivity index (χ3v) is 5.95. The van der Waals surface area contributed by atoms with E-state index in [1.165, 1.54) is 0 Å². The van der Waals surface area contributed by atoms with Crippen molar-refractivity contribution in [2.45, 2.75) is 46.2 Å². The first-order valence-corrected chi connectivity index (χ1v) is 10.9. The molecular weight excluding hydrogens is 401 g/mol. The van der Waals surface area contributed by atoms with Crippen LogP contribution in [0.15, 0.2) is 54.9 Å². The van der Waals surface area contributed by atoms with Gasteiger partial charge in [-0.15, -0.1) is 0 Å². The lowest BCUT2D eigenvalue weighted by Gasteiger charge is -2.15. The number of aryl methyl sites for hydroxylation is 1. The van der Waals surface area contributed by atoms with Crippen LogP contribution < -0.4 is 0 Å². The monoisotopic (exact) mass is 427 g/mol. The van der Waals surface area contributed by atoms with Crippen molar-refractivity contribution in [1.29, 1.82) is 0 Å². The minimum absolute atomic E-state index is 0.241. The number of hydrogen-bond acceptors (Lipinski definition) is 3. The number of nitrogens with one attached hydrogen (secondary N) is 1. The minimum atomic E-state index is -1.41. The van der Waals surface area contributed by atoms with Gasteiger partial charge in [0.25, 0.3) is 0 Å². The second-order valence-electron chi connectivity index (χ2n) is 9.13. The average molecular weight is 428 g/mol. The van der Waals surface area contributed by atoms with Crippen LogP contribution in [0.5, 0.6) is 0 Å². The van der Waals surface area contributed by atoms with Crippen LogP contribution >= 0.6 is 0 Å². The predicted octanol–water partition coefficient (Wildman–Crippen LogP) is 6.58. The topological polar surface area (TPSA) is 58.9 Å². The third kappa shape index (κ3) is 3.36. The largest absolute Gasteiger partial charge is 0.296 e. The van der Waals surface area contributed by atoms with Crippen molar-refractivity contribution < 1.29 is 4.39 Å². The SMILES string of the molecule is Cc1[nH]nc2ccc(-c3c(C(C)C)nc4cnc(-c5cccc(C(C)(C)F)c5)cn34)cc12. The zero-order chi connectivity index (χ0) is 22.6. The fourth-order valence-corrected chi connectivity index (χ4v) is 4.15. The van der Waals surface area contributed by atoms with E-state index >= 15 is 0 Å². The van der Waals surface area contributed by atoms with E-state index in [9.17, 15) is 4.39 Å². The van der Waals surface area contributed by atoms with Crippen LogP contribution in [0.3, 0.4) is 0 Å². The smallest absolute Gasteiger partial charge is 0.156 e. The molecule has 0 saturated heterocycles. The van der Waals surface area contributed by atoms with Crippen molar-refractivity contribution in [3.05, 3.63) is 71.8 Å². The van der Waals surface area contributed by atoms with Gasteiger partial charge in [0.1, 0.15) is 5.67 Å². The van der Waals surface area contributed by atoms with Crippen LogP contribution in [0.1, 0.15) is 50.6 Å². The summed E-state index contributed by atoms with van der Waals surface area (Å²) in [6, 6.07) is 13.8. The van der Waals surface area contributed by atoms with Crippen LogP contribution in [-0.2, 0) is 5.67 Å². The summed E-state index contributed by atoms with van der Waals surface area (Å²) in [7, 11) is 0. The second kappa shape index (κ2) is 7.26. The lowest BCUT2D eigenvalue weighted by atomic mass is 9.97. The molecule has 0 aliphatic rings. The standard InChI is InChI=1S/C26H26FN5/c1-15(2)24-25(18-9-10-21-20(12-18)16(3)30-31-21)32-14-22(28-13-23(32)29-24)17-7-6-8-19(11-17)26(4,5)27/h6-15H,1-5H3,(H,30,31). The molecule has 0 aliphatic carbocycles. The van der Waals surface area contributed by atoms with Crippen molar-refractivity contribution >= 4 is 16.6 Å². The Morgan fingerprint density at radius 3 is 2.62 bits per heavy atom. The zero-order valence-corrected chi connectivity index (χ0v) is 18.9. The Morgan fingerprint density at radius 1 is 1.06 bits per heavy atom. The summed E-state index contributed by atoms with van der Waals surface area (Å²) in [5, 5.41) is 8.51. The number of benzene rings is 2. The first kappa shape index (κ1) is 20.4. The van der Waals surface area contributed by atoms with Crippen molar-refractivity contribution in [3.8, 4) is 22.5 Å². The fraction of sp³-hybridized carbons (Fsp3) is 0.269. The number of fused-ring (bicyclic) bond motifs is 2. The molecule has 0 spiro atoms. The summed E-state index contributed by atoms with van der Waals surface area (Å²) >= 11 is 0. The van der Waals surface area contributed by atoms with Crippen molar-refractivity contribution in [1.82, 2.24) is 24.6 Å². The average Bonchev–Trinajstić information content (AvgIpc) is 3.33. The Kier molecular flexibility index (Phi) is 4.62. The quantitative estimate of drug-likeness (QED) is 0.353. The normalized spacial score (nSPS) is 12.3. The van der Waals surface area contributed by atoms with E-state index in [1.807, 2.05) is 43.5 Å². The van der Waals surface area contributed by atoms with Gasteiger partial charge >= 0.3 is 0 Å². The summed E-state index contributed by atoms with van der Waals surface area (Å²) in [5.74, 6) is 0.241. The van der Waals surface area contributed by atoms with Gasteiger partial charge in [-0.05, 0) is 50.5 Å². The van der Waals surface area contributed by atoms with Crippen LogP contribution in [0.2, 0.25) is 0 Å². The molecule has 0 aliphatic heterocycles. The number of rotatable bonds is 4. The fourth-order valence-electron chi connectivity index (χ4n) is 4.15. The molecule has 2 aromatic carbocycles. The van der Waals surface area contributed by atoms with Gasteiger partial charge in [0.05, 0.1) is 28.8 Å². The number of aromatic nitrogens is 5. The molecule has 0 atom stereocenters. The van der Waals surface area contributed by atoms with E-state index in [2.05, 4.69) is 45.6 Å². The van der Waals surface area contributed by atoms with Gasteiger partial charge < -0.3 is 0 Å². The van der Waals surface area contributed by atoms with E-state index in [-0.39, 0.29) is 5.92 Å². The summed E-state index contributed by atoms with van der Waals surface area (Å²) in [6.45, 7) is 9.46. The Balaban J connectivity index is 1.73. The van der Waals surface area contributed by atoms with Crippen molar-refractivity contribution in [2.24, 2.45) is 0 Å². The van der Waals surface area contributed by atoms with Crippen LogP contribution in [0.25, 0.3) is 39.1 Å². The first-order chi connectivity index (χ1) is 15.2. The third-order valence-electron chi connectivity index (χ3n) is 5.95.